The zero-order valence-corrected chi connectivity index (χ0v) is 18.5. The molecule has 0 N–H and O–H groups in total. The topological polar surface area (TPSA) is 81.1 Å². The van der Waals surface area contributed by atoms with Gasteiger partial charge in [0.05, 0.1) is 12.2 Å². The lowest BCUT2D eigenvalue weighted by atomic mass is 10.0. The minimum Gasteiger partial charge on any atom is -0.441 e. The van der Waals surface area contributed by atoms with Gasteiger partial charge in [-0.2, -0.15) is 4.98 Å². The van der Waals surface area contributed by atoms with E-state index in [9.17, 15) is 0 Å². The molecule has 7 nitrogen and oxygen atoms in total. The fourth-order valence-electron chi connectivity index (χ4n) is 3.61. The third-order valence-corrected chi connectivity index (χ3v) is 5.36. The predicted octanol–water partition coefficient (Wildman–Crippen LogP) is 5.39. The predicted molar refractivity (Wildman–Crippen MR) is 125 cm³/mol. The van der Waals surface area contributed by atoms with Crippen LogP contribution in [0.4, 0.5) is 0 Å². The Hall–Kier alpha value is -4.10. The Morgan fingerprint density at radius 2 is 1.45 bits per heavy atom. The molecule has 0 saturated carbocycles. The second-order valence-electron chi connectivity index (χ2n) is 7.89. The van der Waals surface area contributed by atoms with Crippen molar-refractivity contribution < 1.29 is 8.94 Å². The molecule has 0 radical (unpaired) electrons. The van der Waals surface area contributed by atoms with Crippen LogP contribution in [-0.4, -0.2) is 32.1 Å². The lowest BCUT2D eigenvalue weighted by molar-refractivity contribution is 0.258. The molecule has 0 fully saturated rings. The van der Waals surface area contributed by atoms with Crippen molar-refractivity contribution in [3.8, 4) is 34.0 Å². The minimum atomic E-state index is 0.505. The summed E-state index contributed by atoms with van der Waals surface area (Å²) in [5, 5.41) is 4.06. The molecule has 0 aliphatic carbocycles. The first-order valence-corrected chi connectivity index (χ1v) is 10.7. The summed E-state index contributed by atoms with van der Waals surface area (Å²) in [6.07, 6.45) is 3.41. The summed E-state index contributed by atoms with van der Waals surface area (Å²) >= 11 is 0. The van der Waals surface area contributed by atoms with Crippen molar-refractivity contribution in [1.29, 1.82) is 0 Å². The molecule has 0 amide bonds. The first kappa shape index (κ1) is 20.8. The number of rotatable bonds is 7. The zero-order chi connectivity index (χ0) is 22.6. The number of aryl methyl sites for hydroxylation is 1. The van der Waals surface area contributed by atoms with Crippen LogP contribution in [0.25, 0.3) is 34.0 Å². The standard InChI is InChI=1S/C26H23N5O2/c1-18-23(16-31(2)17-24-29-25(30-33-24)21-12-14-27-15-13-21)28-26(32-18)22-10-8-20(9-11-22)19-6-4-3-5-7-19/h3-15H,16-17H2,1-2H3. The Kier molecular flexibility index (Phi) is 5.78. The van der Waals surface area contributed by atoms with Gasteiger partial charge in [-0.3, -0.25) is 9.88 Å². The number of hydrogen-bond acceptors (Lipinski definition) is 7. The molecule has 0 aliphatic rings. The van der Waals surface area contributed by atoms with Gasteiger partial charge in [0.15, 0.2) is 0 Å². The van der Waals surface area contributed by atoms with Crippen LogP contribution < -0.4 is 0 Å². The summed E-state index contributed by atoms with van der Waals surface area (Å²) in [5.74, 6) is 2.52. The van der Waals surface area contributed by atoms with Gasteiger partial charge < -0.3 is 8.94 Å². The molecule has 7 heteroatoms. The van der Waals surface area contributed by atoms with E-state index in [1.165, 1.54) is 5.56 Å². The quantitative estimate of drug-likeness (QED) is 0.337. The second kappa shape index (κ2) is 9.18. The zero-order valence-electron chi connectivity index (χ0n) is 18.5. The number of oxazole rings is 1. The van der Waals surface area contributed by atoms with Crippen LogP contribution in [0.1, 0.15) is 17.3 Å². The van der Waals surface area contributed by atoms with E-state index in [0.717, 1.165) is 28.1 Å². The number of pyridine rings is 1. The highest BCUT2D eigenvalue weighted by atomic mass is 16.5. The molecule has 2 aromatic carbocycles. The van der Waals surface area contributed by atoms with Crippen molar-refractivity contribution in [2.75, 3.05) is 7.05 Å². The summed E-state index contributed by atoms with van der Waals surface area (Å²) in [4.78, 5) is 15.3. The summed E-state index contributed by atoms with van der Waals surface area (Å²) < 4.78 is 11.4. The van der Waals surface area contributed by atoms with E-state index in [0.29, 0.717) is 30.7 Å². The van der Waals surface area contributed by atoms with Crippen molar-refractivity contribution in [1.82, 2.24) is 25.0 Å². The first-order valence-electron chi connectivity index (χ1n) is 10.7. The maximum Gasteiger partial charge on any atom is 0.241 e. The Morgan fingerprint density at radius 1 is 0.758 bits per heavy atom. The van der Waals surface area contributed by atoms with Crippen LogP contribution in [0.5, 0.6) is 0 Å². The van der Waals surface area contributed by atoms with Crippen LogP contribution in [0, 0.1) is 6.92 Å². The maximum absolute atomic E-state index is 5.96. The fraction of sp³-hybridized carbons (Fsp3) is 0.154. The van der Waals surface area contributed by atoms with Crippen LogP contribution >= 0.6 is 0 Å². The van der Waals surface area contributed by atoms with E-state index in [1.807, 2.05) is 56.4 Å². The lowest BCUT2D eigenvalue weighted by Gasteiger charge is -2.12. The van der Waals surface area contributed by atoms with Gasteiger partial charge in [-0.15, -0.1) is 0 Å². The first-order chi connectivity index (χ1) is 16.2. The summed E-state index contributed by atoms with van der Waals surface area (Å²) in [6.45, 7) is 3.04. The number of nitrogens with zero attached hydrogens (tertiary/aromatic N) is 5. The van der Waals surface area contributed by atoms with Gasteiger partial charge in [-0.25, -0.2) is 4.98 Å². The number of hydrogen-bond donors (Lipinski definition) is 0. The van der Waals surface area contributed by atoms with Crippen molar-refractivity contribution >= 4 is 0 Å². The fourth-order valence-corrected chi connectivity index (χ4v) is 3.61. The van der Waals surface area contributed by atoms with Gasteiger partial charge in [-0.1, -0.05) is 47.6 Å². The van der Waals surface area contributed by atoms with Crippen LogP contribution in [0.3, 0.4) is 0 Å². The average molecular weight is 438 g/mol. The Bertz CT molecular complexity index is 1330. The molecule has 3 aromatic heterocycles. The lowest BCUT2D eigenvalue weighted by Crippen LogP contribution is -2.18. The number of benzene rings is 2. The van der Waals surface area contributed by atoms with Gasteiger partial charge in [0.2, 0.25) is 17.6 Å². The van der Waals surface area contributed by atoms with Crippen LogP contribution in [0.15, 0.2) is 88.1 Å². The monoisotopic (exact) mass is 437 g/mol. The molecule has 0 aliphatic heterocycles. The average Bonchev–Trinajstić information content (AvgIpc) is 3.47. The molecule has 5 aromatic rings. The Morgan fingerprint density at radius 3 is 2.21 bits per heavy atom. The highest BCUT2D eigenvalue weighted by molar-refractivity contribution is 5.67. The Balaban J connectivity index is 1.26. The normalized spacial score (nSPS) is 11.2. The second-order valence-corrected chi connectivity index (χ2v) is 7.89. The Labute approximate surface area is 191 Å². The van der Waals surface area contributed by atoms with E-state index in [1.54, 1.807) is 12.4 Å². The molecule has 5 rings (SSSR count). The summed E-state index contributed by atoms with van der Waals surface area (Å²) in [6, 6.07) is 22.3. The molecule has 0 atom stereocenters. The van der Waals surface area contributed by atoms with Crippen LogP contribution in [-0.2, 0) is 13.1 Å². The van der Waals surface area contributed by atoms with Crippen molar-refractivity contribution in [2.45, 2.75) is 20.0 Å². The van der Waals surface area contributed by atoms with Gasteiger partial charge in [0.1, 0.15) is 5.76 Å². The van der Waals surface area contributed by atoms with E-state index in [-0.39, 0.29) is 0 Å². The molecule has 0 unspecified atom stereocenters. The third kappa shape index (κ3) is 4.73. The molecule has 3 heterocycles. The smallest absolute Gasteiger partial charge is 0.241 e. The van der Waals surface area contributed by atoms with Gasteiger partial charge >= 0.3 is 0 Å². The molecule has 33 heavy (non-hydrogen) atoms. The number of aromatic nitrogens is 4. The highest BCUT2D eigenvalue weighted by Crippen LogP contribution is 2.26. The van der Waals surface area contributed by atoms with Gasteiger partial charge in [0, 0.05) is 30.1 Å². The highest BCUT2D eigenvalue weighted by Gasteiger charge is 2.16. The molecule has 164 valence electrons. The maximum atomic E-state index is 5.96. The third-order valence-electron chi connectivity index (χ3n) is 5.36. The summed E-state index contributed by atoms with van der Waals surface area (Å²) in [7, 11) is 1.98. The van der Waals surface area contributed by atoms with Gasteiger partial charge in [-0.05, 0) is 49.4 Å². The molecular formula is C26H23N5O2. The largest absolute Gasteiger partial charge is 0.441 e. The molecule has 0 saturated heterocycles. The van der Waals surface area contributed by atoms with E-state index < -0.39 is 0 Å². The molecule has 0 spiro atoms. The van der Waals surface area contributed by atoms with Crippen molar-refractivity contribution in [2.24, 2.45) is 0 Å². The van der Waals surface area contributed by atoms with Crippen molar-refractivity contribution in [3.05, 3.63) is 96.5 Å². The minimum absolute atomic E-state index is 0.505. The molecular weight excluding hydrogens is 414 g/mol. The van der Waals surface area contributed by atoms with Gasteiger partial charge in [0.25, 0.3) is 0 Å². The molecule has 0 bridgehead atoms. The van der Waals surface area contributed by atoms with E-state index >= 15 is 0 Å². The van der Waals surface area contributed by atoms with E-state index in [4.69, 9.17) is 13.9 Å². The summed E-state index contributed by atoms with van der Waals surface area (Å²) in [5.41, 5.74) is 5.05. The SMILES string of the molecule is Cc1oc(-c2ccc(-c3ccccc3)cc2)nc1CN(C)Cc1nc(-c2ccncc2)no1. The van der Waals surface area contributed by atoms with Crippen LogP contribution in [0.2, 0.25) is 0 Å². The van der Waals surface area contributed by atoms with Crippen molar-refractivity contribution in [3.63, 3.8) is 0 Å². The van der Waals surface area contributed by atoms with E-state index in [2.05, 4.69) is 44.3 Å².